The lowest BCUT2D eigenvalue weighted by atomic mass is 10.1. The zero-order chi connectivity index (χ0) is 22.7. The molecule has 1 aliphatic rings. The number of hydrogen-bond acceptors (Lipinski definition) is 6. The third-order valence-corrected chi connectivity index (χ3v) is 5.80. The Kier molecular flexibility index (Phi) is 6.31. The summed E-state index contributed by atoms with van der Waals surface area (Å²) in [6, 6.07) is 7.35. The van der Waals surface area contributed by atoms with Crippen LogP contribution in [0.1, 0.15) is 34.1 Å². The molecule has 0 bridgehead atoms. The zero-order valence-electron chi connectivity index (χ0n) is 18.3. The molecule has 3 heterocycles. The summed E-state index contributed by atoms with van der Waals surface area (Å²) in [7, 11) is 0. The predicted octanol–water partition coefficient (Wildman–Crippen LogP) is 2.32. The maximum Gasteiger partial charge on any atom is 0.307 e. The molecule has 3 aromatic rings. The summed E-state index contributed by atoms with van der Waals surface area (Å²) >= 11 is 0. The van der Waals surface area contributed by atoms with Crippen LogP contribution in [0.5, 0.6) is 0 Å². The van der Waals surface area contributed by atoms with E-state index in [0.717, 1.165) is 37.4 Å². The van der Waals surface area contributed by atoms with Crippen LogP contribution in [0.3, 0.4) is 0 Å². The number of carbonyl (C=O) groups is 1. The van der Waals surface area contributed by atoms with Gasteiger partial charge in [-0.3, -0.25) is 29.2 Å². The summed E-state index contributed by atoms with van der Waals surface area (Å²) in [5.41, 5.74) is 3.84. The Morgan fingerprint density at radius 1 is 1.06 bits per heavy atom. The molecule has 1 aromatic carbocycles. The van der Waals surface area contributed by atoms with Gasteiger partial charge in [0.1, 0.15) is 12.4 Å². The molecule has 1 aliphatic heterocycles. The highest BCUT2D eigenvalue weighted by Gasteiger charge is 2.23. The number of nitro groups is 1. The van der Waals surface area contributed by atoms with Crippen LogP contribution in [0, 0.1) is 17.0 Å². The molecule has 0 N–H and O–H groups in total. The van der Waals surface area contributed by atoms with Crippen molar-refractivity contribution in [1.29, 1.82) is 0 Å². The van der Waals surface area contributed by atoms with E-state index in [1.807, 2.05) is 40.8 Å². The fourth-order valence-corrected chi connectivity index (χ4v) is 3.88. The van der Waals surface area contributed by atoms with Crippen molar-refractivity contribution < 1.29 is 9.72 Å². The Balaban J connectivity index is 1.30. The lowest BCUT2D eigenvalue weighted by Crippen LogP contribution is -2.48. The van der Waals surface area contributed by atoms with Gasteiger partial charge in [0.15, 0.2) is 0 Å². The number of benzene rings is 1. The van der Waals surface area contributed by atoms with Gasteiger partial charge in [-0.15, -0.1) is 0 Å². The molecule has 10 heteroatoms. The summed E-state index contributed by atoms with van der Waals surface area (Å²) in [6.07, 6.45) is 4.73. The molecule has 4 rings (SSSR count). The molecule has 32 heavy (non-hydrogen) atoms. The third kappa shape index (κ3) is 4.86. The van der Waals surface area contributed by atoms with E-state index in [9.17, 15) is 14.9 Å². The number of aryl methyl sites for hydroxylation is 2. The number of amides is 1. The van der Waals surface area contributed by atoms with Gasteiger partial charge in [-0.2, -0.15) is 10.2 Å². The van der Waals surface area contributed by atoms with Gasteiger partial charge in [0.2, 0.25) is 0 Å². The van der Waals surface area contributed by atoms with Crippen LogP contribution >= 0.6 is 0 Å². The highest BCUT2D eigenvalue weighted by Crippen LogP contribution is 2.15. The Labute approximate surface area is 186 Å². The maximum atomic E-state index is 12.9. The van der Waals surface area contributed by atoms with Crippen molar-refractivity contribution in [3.8, 4) is 0 Å². The second kappa shape index (κ2) is 9.31. The summed E-state index contributed by atoms with van der Waals surface area (Å²) in [5.74, 6) is 0.0286. The van der Waals surface area contributed by atoms with Gasteiger partial charge in [0.25, 0.3) is 5.91 Å². The van der Waals surface area contributed by atoms with Gasteiger partial charge in [-0.05, 0) is 31.5 Å². The molecule has 2 aromatic heterocycles. The number of rotatable bonds is 7. The van der Waals surface area contributed by atoms with E-state index >= 15 is 0 Å². The van der Waals surface area contributed by atoms with Crippen molar-refractivity contribution in [3.63, 3.8) is 0 Å². The van der Waals surface area contributed by atoms with Crippen LogP contribution in [0.25, 0.3) is 0 Å². The largest absolute Gasteiger partial charge is 0.336 e. The van der Waals surface area contributed by atoms with Crippen molar-refractivity contribution >= 4 is 11.6 Å². The minimum atomic E-state index is -0.468. The van der Waals surface area contributed by atoms with Crippen LogP contribution < -0.4 is 0 Å². The van der Waals surface area contributed by atoms with E-state index < -0.39 is 4.92 Å². The number of hydrogen-bond donors (Lipinski definition) is 0. The van der Waals surface area contributed by atoms with Crippen LogP contribution in [-0.2, 0) is 19.6 Å². The standard InChI is InChI=1S/C22H27N7O3/c1-3-27-15-20(17(2)24-27)14-25-8-10-26(11-9-25)22(30)19-6-4-18(5-7-19)13-28-16-21(12-23-28)29(31)32/h4-7,12,15-16H,3,8-11,13-14H2,1-2H3. The molecule has 0 saturated carbocycles. The Morgan fingerprint density at radius 3 is 2.38 bits per heavy atom. The fraction of sp³-hybridized carbons (Fsp3) is 0.409. The topological polar surface area (TPSA) is 102 Å². The molecule has 0 radical (unpaired) electrons. The first-order valence-electron chi connectivity index (χ1n) is 10.7. The minimum Gasteiger partial charge on any atom is -0.336 e. The van der Waals surface area contributed by atoms with Gasteiger partial charge in [-0.25, -0.2) is 0 Å². The lowest BCUT2D eigenvalue weighted by Gasteiger charge is -2.34. The van der Waals surface area contributed by atoms with Crippen molar-refractivity contribution in [3.05, 3.63) is 75.4 Å². The second-order valence-electron chi connectivity index (χ2n) is 8.01. The summed E-state index contributed by atoms with van der Waals surface area (Å²) in [4.78, 5) is 27.5. The Morgan fingerprint density at radius 2 is 1.78 bits per heavy atom. The molecule has 0 unspecified atom stereocenters. The number of piperazine rings is 1. The van der Waals surface area contributed by atoms with Gasteiger partial charge in [0.05, 0.1) is 17.2 Å². The van der Waals surface area contributed by atoms with Crippen LogP contribution in [-0.4, -0.2) is 66.4 Å². The number of nitrogens with zero attached hydrogens (tertiary/aromatic N) is 7. The van der Waals surface area contributed by atoms with E-state index in [1.54, 1.807) is 0 Å². The highest BCUT2D eigenvalue weighted by molar-refractivity contribution is 5.94. The Bertz CT molecular complexity index is 1100. The van der Waals surface area contributed by atoms with E-state index in [0.29, 0.717) is 25.2 Å². The van der Waals surface area contributed by atoms with E-state index in [-0.39, 0.29) is 11.6 Å². The van der Waals surface area contributed by atoms with Crippen LogP contribution in [0.4, 0.5) is 5.69 Å². The Hall–Kier alpha value is -3.53. The molecule has 168 valence electrons. The van der Waals surface area contributed by atoms with Crippen molar-refractivity contribution in [2.24, 2.45) is 0 Å². The average molecular weight is 438 g/mol. The first-order valence-corrected chi connectivity index (χ1v) is 10.7. The monoisotopic (exact) mass is 437 g/mol. The smallest absolute Gasteiger partial charge is 0.307 e. The average Bonchev–Trinajstić information content (AvgIpc) is 3.41. The SMILES string of the molecule is CCn1cc(CN2CCN(C(=O)c3ccc(Cn4cc([N+](=O)[O-])cn4)cc3)CC2)c(C)n1. The van der Waals surface area contributed by atoms with Crippen LogP contribution in [0.15, 0.2) is 42.9 Å². The lowest BCUT2D eigenvalue weighted by molar-refractivity contribution is -0.385. The van der Waals surface area contributed by atoms with Crippen molar-refractivity contribution in [2.45, 2.75) is 33.5 Å². The van der Waals surface area contributed by atoms with Gasteiger partial charge in [-0.1, -0.05) is 12.1 Å². The molecule has 1 amide bonds. The van der Waals surface area contributed by atoms with Gasteiger partial charge in [0, 0.05) is 56.6 Å². The molecule has 0 atom stereocenters. The number of aromatic nitrogens is 4. The minimum absolute atomic E-state index is 0.0286. The third-order valence-electron chi connectivity index (χ3n) is 5.80. The molecule has 1 fully saturated rings. The quantitative estimate of drug-likeness (QED) is 0.415. The molecule has 1 saturated heterocycles. The van der Waals surface area contributed by atoms with Gasteiger partial charge < -0.3 is 4.90 Å². The summed E-state index contributed by atoms with van der Waals surface area (Å²) < 4.78 is 3.47. The van der Waals surface area contributed by atoms with Crippen molar-refractivity contribution in [1.82, 2.24) is 29.4 Å². The van der Waals surface area contributed by atoms with Crippen LogP contribution in [0.2, 0.25) is 0 Å². The second-order valence-corrected chi connectivity index (χ2v) is 8.01. The molecule has 0 aliphatic carbocycles. The molecular formula is C22H27N7O3. The normalized spacial score (nSPS) is 14.6. The van der Waals surface area contributed by atoms with Crippen molar-refractivity contribution in [2.75, 3.05) is 26.2 Å². The summed E-state index contributed by atoms with van der Waals surface area (Å²) in [6.45, 7) is 9.30. The maximum absolute atomic E-state index is 12.9. The van der Waals surface area contributed by atoms with E-state index in [1.165, 1.54) is 22.6 Å². The molecule has 0 spiro atoms. The first-order chi connectivity index (χ1) is 15.4. The number of carbonyl (C=O) groups excluding carboxylic acids is 1. The molecule has 10 nitrogen and oxygen atoms in total. The highest BCUT2D eigenvalue weighted by atomic mass is 16.6. The zero-order valence-corrected chi connectivity index (χ0v) is 18.3. The fourth-order valence-electron chi connectivity index (χ4n) is 3.88. The predicted molar refractivity (Wildman–Crippen MR) is 118 cm³/mol. The van der Waals surface area contributed by atoms with E-state index in [2.05, 4.69) is 28.2 Å². The summed E-state index contributed by atoms with van der Waals surface area (Å²) in [5, 5.41) is 19.3. The van der Waals surface area contributed by atoms with Gasteiger partial charge >= 0.3 is 5.69 Å². The van der Waals surface area contributed by atoms with E-state index in [4.69, 9.17) is 0 Å². The molecular weight excluding hydrogens is 410 g/mol. The first kappa shape index (κ1) is 21.7.